The largest absolute Gasteiger partial charge is 0.471 e. The molecule has 4 nitrogen and oxygen atoms in total. The van der Waals surface area contributed by atoms with E-state index < -0.39 is 36.1 Å². The van der Waals surface area contributed by atoms with Crippen LogP contribution in [0.4, 0.5) is 13.2 Å². The van der Waals surface area contributed by atoms with Crippen LogP contribution in [0.2, 0.25) is 0 Å². The van der Waals surface area contributed by atoms with Crippen molar-refractivity contribution >= 4 is 5.91 Å². The molecule has 0 saturated carbocycles. The smallest absolute Gasteiger partial charge is 0.342 e. The Morgan fingerprint density at radius 1 is 1.30 bits per heavy atom. The Kier molecular flexibility index (Phi) is 5.18. The number of fused-ring (bicyclic) bond motifs is 1. The lowest BCUT2D eigenvalue weighted by Crippen LogP contribution is -2.54. The van der Waals surface area contributed by atoms with E-state index in [-0.39, 0.29) is 13.0 Å². The summed E-state index contributed by atoms with van der Waals surface area (Å²) in [5.74, 6) is -2.82. The summed E-state index contributed by atoms with van der Waals surface area (Å²) in [6.45, 7) is 6.96. The molecule has 1 heterocycles. The van der Waals surface area contributed by atoms with Crippen LogP contribution in [-0.4, -0.2) is 41.0 Å². The number of halogens is 3. The SMILES string of the molecule is C=CC1=C[C@H]2OC(C)(C)O[C@H]2[C@@H](N(Cc2ccccc2)C(=O)C(F)(F)F)C1. The van der Waals surface area contributed by atoms with E-state index in [1.807, 2.05) is 6.08 Å². The third-order valence-electron chi connectivity index (χ3n) is 4.73. The highest BCUT2D eigenvalue weighted by atomic mass is 19.4. The average molecular weight is 381 g/mol. The molecule has 1 saturated heterocycles. The Labute approximate surface area is 156 Å². The number of benzene rings is 1. The molecule has 2 aliphatic rings. The molecule has 0 N–H and O–H groups in total. The lowest BCUT2D eigenvalue weighted by atomic mass is 9.88. The van der Waals surface area contributed by atoms with E-state index in [9.17, 15) is 18.0 Å². The first-order valence-corrected chi connectivity index (χ1v) is 8.71. The van der Waals surface area contributed by atoms with Crippen molar-refractivity contribution in [3.63, 3.8) is 0 Å². The summed E-state index contributed by atoms with van der Waals surface area (Å²) >= 11 is 0. The zero-order chi connectivity index (χ0) is 19.8. The molecule has 0 aromatic heterocycles. The van der Waals surface area contributed by atoms with Crippen LogP contribution in [0.5, 0.6) is 0 Å². The fraction of sp³-hybridized carbons (Fsp3) is 0.450. The maximum Gasteiger partial charge on any atom is 0.471 e. The number of alkyl halides is 3. The topological polar surface area (TPSA) is 38.8 Å². The van der Waals surface area contributed by atoms with E-state index in [0.29, 0.717) is 5.56 Å². The minimum atomic E-state index is -4.98. The van der Waals surface area contributed by atoms with E-state index in [1.54, 1.807) is 50.3 Å². The van der Waals surface area contributed by atoms with E-state index in [1.165, 1.54) is 0 Å². The monoisotopic (exact) mass is 381 g/mol. The fourth-order valence-corrected chi connectivity index (χ4v) is 3.60. The lowest BCUT2D eigenvalue weighted by molar-refractivity contribution is -0.193. The molecule has 1 amide bonds. The average Bonchev–Trinajstić information content (AvgIpc) is 2.92. The van der Waals surface area contributed by atoms with Gasteiger partial charge in [-0.2, -0.15) is 13.2 Å². The van der Waals surface area contributed by atoms with Crippen LogP contribution in [-0.2, 0) is 20.8 Å². The first-order valence-electron chi connectivity index (χ1n) is 8.71. The number of nitrogens with zero attached hydrogens (tertiary/aromatic N) is 1. The number of carbonyl (C=O) groups excluding carboxylic acids is 1. The fourth-order valence-electron chi connectivity index (χ4n) is 3.60. The highest BCUT2D eigenvalue weighted by Crippen LogP contribution is 2.39. The molecular weight excluding hydrogens is 359 g/mol. The number of rotatable bonds is 4. The molecule has 1 aliphatic carbocycles. The van der Waals surface area contributed by atoms with E-state index in [0.717, 1.165) is 10.5 Å². The predicted molar refractivity (Wildman–Crippen MR) is 93.6 cm³/mol. The Balaban J connectivity index is 1.98. The molecule has 146 valence electrons. The van der Waals surface area contributed by atoms with Gasteiger partial charge in [-0.05, 0) is 37.5 Å². The molecule has 1 aliphatic heterocycles. The number of ether oxygens (including phenoxy) is 2. The summed E-state index contributed by atoms with van der Waals surface area (Å²) in [5.41, 5.74) is 1.34. The number of allylic oxidation sites excluding steroid dienone is 1. The van der Waals surface area contributed by atoms with Crippen molar-refractivity contribution in [2.75, 3.05) is 0 Å². The summed E-state index contributed by atoms with van der Waals surface area (Å²) in [6.07, 6.45) is -2.59. The molecule has 0 spiro atoms. The lowest BCUT2D eigenvalue weighted by Gasteiger charge is -2.39. The third-order valence-corrected chi connectivity index (χ3v) is 4.73. The van der Waals surface area contributed by atoms with Gasteiger partial charge >= 0.3 is 12.1 Å². The Hall–Kier alpha value is -2.12. The van der Waals surface area contributed by atoms with Gasteiger partial charge in [0.1, 0.15) is 12.2 Å². The zero-order valence-corrected chi connectivity index (χ0v) is 15.2. The molecule has 7 heteroatoms. The van der Waals surface area contributed by atoms with Crippen molar-refractivity contribution in [2.24, 2.45) is 0 Å². The van der Waals surface area contributed by atoms with Crippen molar-refractivity contribution in [3.8, 4) is 0 Å². The number of hydrogen-bond donors (Lipinski definition) is 0. The predicted octanol–water partition coefficient (Wildman–Crippen LogP) is 3.98. The van der Waals surface area contributed by atoms with Crippen molar-refractivity contribution in [2.45, 2.75) is 57.0 Å². The van der Waals surface area contributed by atoms with Crippen LogP contribution < -0.4 is 0 Å². The van der Waals surface area contributed by atoms with Gasteiger partial charge in [0.05, 0.1) is 6.04 Å². The molecule has 0 unspecified atom stereocenters. The van der Waals surface area contributed by atoms with Gasteiger partial charge in [0.15, 0.2) is 5.79 Å². The van der Waals surface area contributed by atoms with E-state index in [2.05, 4.69) is 6.58 Å². The summed E-state index contributed by atoms with van der Waals surface area (Å²) in [4.78, 5) is 13.1. The quantitative estimate of drug-likeness (QED) is 0.792. The molecule has 27 heavy (non-hydrogen) atoms. The van der Waals surface area contributed by atoms with Crippen LogP contribution in [0, 0.1) is 0 Å². The molecule has 0 radical (unpaired) electrons. The molecule has 1 aromatic rings. The normalized spacial score (nSPS) is 26.9. The Morgan fingerprint density at radius 3 is 2.56 bits per heavy atom. The molecular formula is C20H22F3NO3. The zero-order valence-electron chi connectivity index (χ0n) is 15.2. The van der Waals surface area contributed by atoms with Gasteiger partial charge in [0.25, 0.3) is 0 Å². The van der Waals surface area contributed by atoms with Crippen LogP contribution in [0.25, 0.3) is 0 Å². The summed E-state index contributed by atoms with van der Waals surface area (Å²) in [5, 5.41) is 0. The molecule has 1 fully saturated rings. The molecule has 1 aromatic carbocycles. The van der Waals surface area contributed by atoms with Gasteiger partial charge in [-0.1, -0.05) is 43.0 Å². The third kappa shape index (κ3) is 4.25. The van der Waals surface area contributed by atoms with Crippen molar-refractivity contribution < 1.29 is 27.4 Å². The minimum absolute atomic E-state index is 0.165. The second-order valence-corrected chi connectivity index (χ2v) is 7.20. The number of hydrogen-bond acceptors (Lipinski definition) is 3. The summed E-state index contributed by atoms with van der Waals surface area (Å²) in [6, 6.07) is 7.79. The summed E-state index contributed by atoms with van der Waals surface area (Å²) < 4.78 is 51.7. The summed E-state index contributed by atoms with van der Waals surface area (Å²) in [7, 11) is 0. The number of carbonyl (C=O) groups is 1. The molecule has 3 atom stereocenters. The maximum atomic E-state index is 13.3. The van der Waals surface area contributed by atoms with Crippen molar-refractivity contribution in [3.05, 3.63) is 60.2 Å². The van der Waals surface area contributed by atoms with Gasteiger partial charge in [-0.25, -0.2) is 0 Å². The van der Waals surface area contributed by atoms with Gasteiger partial charge in [0, 0.05) is 6.54 Å². The standard InChI is InChI=1S/C20H22F3NO3/c1-4-13-10-15(17-16(11-13)26-19(2,3)27-17)24(18(25)20(21,22)23)12-14-8-6-5-7-9-14/h4-9,11,15-17H,1,10,12H2,2-3H3/t15-,16+,17-/m0/s1. The maximum absolute atomic E-state index is 13.3. The Bertz CT molecular complexity index is 743. The van der Waals surface area contributed by atoms with E-state index >= 15 is 0 Å². The van der Waals surface area contributed by atoms with Gasteiger partial charge < -0.3 is 14.4 Å². The second-order valence-electron chi connectivity index (χ2n) is 7.20. The minimum Gasteiger partial charge on any atom is -0.342 e. The van der Waals surface area contributed by atoms with Crippen molar-refractivity contribution in [1.82, 2.24) is 4.90 Å². The van der Waals surface area contributed by atoms with Crippen LogP contribution >= 0.6 is 0 Å². The Morgan fingerprint density at radius 2 is 1.96 bits per heavy atom. The molecule has 3 rings (SSSR count). The van der Waals surface area contributed by atoms with Gasteiger partial charge in [-0.3, -0.25) is 4.79 Å². The second kappa shape index (κ2) is 7.13. The highest BCUT2D eigenvalue weighted by Gasteiger charge is 2.52. The van der Waals surface area contributed by atoms with Crippen LogP contribution in [0.1, 0.15) is 25.8 Å². The van der Waals surface area contributed by atoms with Gasteiger partial charge in [-0.15, -0.1) is 0 Å². The van der Waals surface area contributed by atoms with Crippen LogP contribution in [0.3, 0.4) is 0 Å². The van der Waals surface area contributed by atoms with Crippen molar-refractivity contribution in [1.29, 1.82) is 0 Å². The van der Waals surface area contributed by atoms with E-state index in [4.69, 9.17) is 9.47 Å². The first kappa shape index (κ1) is 19.6. The molecule has 0 bridgehead atoms. The van der Waals surface area contributed by atoms with Crippen LogP contribution in [0.15, 0.2) is 54.6 Å². The highest BCUT2D eigenvalue weighted by molar-refractivity contribution is 5.82. The number of amides is 1. The van der Waals surface area contributed by atoms with Gasteiger partial charge in [0.2, 0.25) is 0 Å². The first-order chi connectivity index (χ1) is 12.6.